The van der Waals surface area contributed by atoms with E-state index in [1.807, 2.05) is 6.07 Å². The molecule has 6 nitrogen and oxygen atoms in total. The van der Waals surface area contributed by atoms with E-state index in [-0.39, 0.29) is 19.6 Å². The molecule has 0 bridgehead atoms. The number of aliphatic hydroxyl groups is 1. The molecule has 0 unspecified atom stereocenters. The number of carbonyl (C=O) groups is 3. The van der Waals surface area contributed by atoms with Gasteiger partial charge in [-0.15, -0.1) is 0 Å². The van der Waals surface area contributed by atoms with Gasteiger partial charge in [-0.05, 0) is 32.9 Å². The maximum Gasteiger partial charge on any atom is 0.317 e. The third kappa shape index (κ3) is 4.75. The van der Waals surface area contributed by atoms with Crippen molar-refractivity contribution in [3.8, 4) is 11.8 Å². The second-order valence-corrected chi connectivity index (χ2v) is 6.62. The van der Waals surface area contributed by atoms with Crippen LogP contribution in [0.15, 0.2) is 30.3 Å². The van der Waals surface area contributed by atoms with Crippen LogP contribution in [0.4, 0.5) is 0 Å². The first-order chi connectivity index (χ1) is 12.8. The zero-order chi connectivity index (χ0) is 20.0. The van der Waals surface area contributed by atoms with E-state index >= 15 is 0 Å². The predicted molar refractivity (Wildman–Crippen MR) is 97.3 cm³/mol. The molecule has 0 heterocycles. The summed E-state index contributed by atoms with van der Waals surface area (Å²) < 4.78 is 10.1. The van der Waals surface area contributed by atoms with E-state index in [2.05, 4.69) is 11.8 Å². The monoisotopic (exact) mass is 372 g/mol. The van der Waals surface area contributed by atoms with Gasteiger partial charge in [0.15, 0.2) is 5.78 Å². The zero-order valence-electron chi connectivity index (χ0n) is 15.7. The van der Waals surface area contributed by atoms with Crippen molar-refractivity contribution in [1.29, 1.82) is 0 Å². The fraction of sp³-hybridized carbons (Fsp3) is 0.476. The molecule has 1 aromatic rings. The highest BCUT2D eigenvalue weighted by atomic mass is 16.5. The number of ether oxygens (including phenoxy) is 2. The summed E-state index contributed by atoms with van der Waals surface area (Å²) in [7, 11) is 0. The molecule has 6 heteroatoms. The van der Waals surface area contributed by atoms with Crippen LogP contribution in [0.25, 0.3) is 0 Å². The van der Waals surface area contributed by atoms with Crippen LogP contribution in [-0.4, -0.2) is 41.6 Å². The molecule has 144 valence electrons. The third-order valence-corrected chi connectivity index (χ3v) is 4.51. The fourth-order valence-corrected chi connectivity index (χ4v) is 3.35. The van der Waals surface area contributed by atoms with Crippen molar-refractivity contribution in [3.63, 3.8) is 0 Å². The highest BCUT2D eigenvalue weighted by Crippen LogP contribution is 2.41. The maximum atomic E-state index is 12.6. The highest BCUT2D eigenvalue weighted by molar-refractivity contribution is 6.02. The quantitative estimate of drug-likeness (QED) is 0.492. The Kier molecular flexibility index (Phi) is 6.75. The van der Waals surface area contributed by atoms with Crippen LogP contribution >= 0.6 is 0 Å². The molecular formula is C21H24O6. The Hall–Kier alpha value is -2.65. The average molecular weight is 372 g/mol. The second kappa shape index (κ2) is 8.83. The number of hydrogen-bond donors (Lipinski definition) is 1. The van der Waals surface area contributed by atoms with Crippen molar-refractivity contribution in [2.45, 2.75) is 32.8 Å². The van der Waals surface area contributed by atoms with Crippen LogP contribution in [-0.2, 0) is 23.9 Å². The SMILES string of the molecule is CCOC(=O)[C@@H]1C(=O)C[C@](C)(O)[C@@H](C(=O)OCC)[C@@H]1C#Cc1ccccc1. The lowest BCUT2D eigenvalue weighted by Gasteiger charge is -2.41. The van der Waals surface area contributed by atoms with Gasteiger partial charge >= 0.3 is 11.9 Å². The Labute approximate surface area is 158 Å². The first kappa shape index (κ1) is 20.7. The minimum atomic E-state index is -1.66. The Morgan fingerprint density at radius 3 is 2.33 bits per heavy atom. The van der Waals surface area contributed by atoms with Crippen LogP contribution < -0.4 is 0 Å². The summed E-state index contributed by atoms with van der Waals surface area (Å²) in [4.78, 5) is 37.6. The maximum absolute atomic E-state index is 12.6. The Morgan fingerprint density at radius 1 is 1.15 bits per heavy atom. The van der Waals surface area contributed by atoms with Crippen LogP contribution in [0.1, 0.15) is 32.8 Å². The number of esters is 2. The summed E-state index contributed by atoms with van der Waals surface area (Å²) in [5.41, 5.74) is -0.997. The second-order valence-electron chi connectivity index (χ2n) is 6.62. The lowest BCUT2D eigenvalue weighted by molar-refractivity contribution is -0.174. The molecule has 27 heavy (non-hydrogen) atoms. The van der Waals surface area contributed by atoms with E-state index in [4.69, 9.17) is 9.47 Å². The van der Waals surface area contributed by atoms with Crippen molar-refractivity contribution in [3.05, 3.63) is 35.9 Å². The lowest BCUT2D eigenvalue weighted by Crippen LogP contribution is -2.56. The normalized spacial score (nSPS) is 27.3. The summed E-state index contributed by atoms with van der Waals surface area (Å²) in [6.07, 6.45) is -0.344. The van der Waals surface area contributed by atoms with Gasteiger partial charge in [0.1, 0.15) is 11.8 Å². The summed E-state index contributed by atoms with van der Waals surface area (Å²) in [5, 5.41) is 10.8. The summed E-state index contributed by atoms with van der Waals surface area (Å²) in [5.74, 6) is 0.434. The third-order valence-electron chi connectivity index (χ3n) is 4.51. The number of Topliss-reactive ketones (excluding diaryl/α,β-unsaturated/α-hetero) is 1. The van der Waals surface area contributed by atoms with E-state index in [1.165, 1.54) is 6.92 Å². The number of ketones is 1. The molecule has 4 atom stereocenters. The van der Waals surface area contributed by atoms with Crippen LogP contribution in [0, 0.1) is 29.6 Å². The first-order valence-electron chi connectivity index (χ1n) is 8.96. The fourth-order valence-electron chi connectivity index (χ4n) is 3.35. The Balaban J connectivity index is 2.52. The molecular weight excluding hydrogens is 348 g/mol. The van der Waals surface area contributed by atoms with Crippen molar-refractivity contribution in [1.82, 2.24) is 0 Å². The van der Waals surface area contributed by atoms with Gasteiger partial charge in [-0.3, -0.25) is 14.4 Å². The largest absolute Gasteiger partial charge is 0.466 e. The van der Waals surface area contributed by atoms with E-state index in [0.717, 1.165) is 0 Å². The highest BCUT2D eigenvalue weighted by Gasteiger charge is 2.56. The van der Waals surface area contributed by atoms with E-state index in [1.54, 1.807) is 38.1 Å². The van der Waals surface area contributed by atoms with Crippen molar-refractivity contribution >= 4 is 17.7 Å². The molecule has 0 radical (unpaired) electrons. The molecule has 1 aliphatic carbocycles. The van der Waals surface area contributed by atoms with Crippen LogP contribution in [0.5, 0.6) is 0 Å². The summed E-state index contributed by atoms with van der Waals surface area (Å²) >= 11 is 0. The molecule has 1 saturated carbocycles. The zero-order valence-corrected chi connectivity index (χ0v) is 15.7. The number of rotatable bonds is 4. The standard InChI is InChI=1S/C21H24O6/c1-4-26-19(23)17-15(12-11-14-9-7-6-8-10-14)18(20(24)27-5-2)21(3,25)13-16(17)22/h6-10,15,17-18,25H,4-5,13H2,1-3H3/t15-,17+,18-,21+/m1/s1. The van der Waals surface area contributed by atoms with Gasteiger partial charge < -0.3 is 14.6 Å². The molecule has 1 N–H and O–H groups in total. The Morgan fingerprint density at radius 2 is 1.74 bits per heavy atom. The van der Waals surface area contributed by atoms with Gasteiger partial charge in [0.05, 0.1) is 24.7 Å². The smallest absolute Gasteiger partial charge is 0.317 e. The van der Waals surface area contributed by atoms with Gasteiger partial charge in [0.2, 0.25) is 0 Å². The predicted octanol–water partition coefficient (Wildman–Crippen LogP) is 1.74. The van der Waals surface area contributed by atoms with Gasteiger partial charge in [-0.1, -0.05) is 30.0 Å². The topological polar surface area (TPSA) is 89.9 Å². The Bertz CT molecular complexity index is 756. The lowest BCUT2D eigenvalue weighted by atomic mass is 9.64. The molecule has 0 spiro atoms. The van der Waals surface area contributed by atoms with Gasteiger partial charge in [-0.25, -0.2) is 0 Å². The molecule has 1 aromatic carbocycles. The average Bonchev–Trinajstić information content (AvgIpc) is 2.59. The molecule has 0 aliphatic heterocycles. The van der Waals surface area contributed by atoms with Gasteiger partial charge in [0.25, 0.3) is 0 Å². The first-order valence-corrected chi connectivity index (χ1v) is 8.96. The minimum absolute atomic E-state index is 0.0991. The van der Waals surface area contributed by atoms with Gasteiger partial charge in [-0.2, -0.15) is 0 Å². The molecule has 0 saturated heterocycles. The number of carbonyl (C=O) groups excluding carboxylic acids is 3. The van der Waals surface area contributed by atoms with E-state index < -0.39 is 41.1 Å². The molecule has 1 fully saturated rings. The van der Waals surface area contributed by atoms with E-state index in [9.17, 15) is 19.5 Å². The molecule has 0 amide bonds. The summed E-state index contributed by atoms with van der Waals surface area (Å²) in [6, 6.07) is 8.99. The van der Waals surface area contributed by atoms with Crippen molar-refractivity contribution < 1.29 is 29.0 Å². The van der Waals surface area contributed by atoms with Crippen LogP contribution in [0.3, 0.4) is 0 Å². The number of hydrogen-bond acceptors (Lipinski definition) is 6. The van der Waals surface area contributed by atoms with Crippen molar-refractivity contribution in [2.24, 2.45) is 17.8 Å². The molecule has 0 aromatic heterocycles. The van der Waals surface area contributed by atoms with E-state index in [0.29, 0.717) is 5.56 Å². The van der Waals surface area contributed by atoms with Crippen molar-refractivity contribution in [2.75, 3.05) is 13.2 Å². The van der Waals surface area contributed by atoms with Crippen LogP contribution in [0.2, 0.25) is 0 Å². The van der Waals surface area contributed by atoms with Gasteiger partial charge in [0, 0.05) is 12.0 Å². The minimum Gasteiger partial charge on any atom is -0.466 e. The molecule has 1 aliphatic rings. The molecule has 2 rings (SSSR count). The summed E-state index contributed by atoms with van der Waals surface area (Å²) in [6.45, 7) is 4.89. The number of benzene rings is 1.